The largest absolute Gasteiger partial charge is 0.450 e. The van der Waals surface area contributed by atoms with Gasteiger partial charge in [0.15, 0.2) is 5.16 Å². The predicted octanol–water partition coefficient (Wildman–Crippen LogP) is 2.62. The molecule has 0 unspecified atom stereocenters. The minimum atomic E-state index is -0.325. The van der Waals surface area contributed by atoms with Crippen LogP contribution in [0.4, 0.5) is 4.79 Å². The lowest BCUT2D eigenvalue weighted by Gasteiger charge is -2.34. The van der Waals surface area contributed by atoms with E-state index in [9.17, 15) is 9.59 Å². The molecule has 0 radical (unpaired) electrons. The van der Waals surface area contributed by atoms with E-state index >= 15 is 0 Å². The molecule has 0 bridgehead atoms. The van der Waals surface area contributed by atoms with Crippen LogP contribution in [0.3, 0.4) is 0 Å². The van der Waals surface area contributed by atoms with Gasteiger partial charge in [0, 0.05) is 31.2 Å². The molecule has 1 aromatic carbocycles. The molecule has 1 aliphatic rings. The molecule has 0 N–H and O–H groups in total. The van der Waals surface area contributed by atoms with Crippen molar-refractivity contribution in [2.45, 2.75) is 19.0 Å². The number of ether oxygens (including phenoxy) is 1. The molecule has 0 spiro atoms. The Labute approximate surface area is 172 Å². The van der Waals surface area contributed by atoms with Gasteiger partial charge in [-0.15, -0.1) is 10.2 Å². The standard InChI is InChI=1S/C18H22ClN5O3S/c1-3-27-18(26)23-8-6-22(7-9-23)16(25)11-28-17-21-20-12-24(17)14-5-4-13(2)15(19)10-14/h4-5,10,12H,3,6-9,11H2,1-2H3. The number of benzene rings is 1. The number of piperazine rings is 1. The van der Waals surface area contributed by atoms with Crippen molar-refractivity contribution in [2.24, 2.45) is 0 Å². The van der Waals surface area contributed by atoms with Gasteiger partial charge in [-0.25, -0.2) is 4.79 Å². The van der Waals surface area contributed by atoms with Crippen molar-refractivity contribution in [1.82, 2.24) is 24.6 Å². The summed E-state index contributed by atoms with van der Waals surface area (Å²) in [5, 5.41) is 9.35. The van der Waals surface area contributed by atoms with E-state index in [1.807, 2.05) is 29.7 Å². The first-order valence-electron chi connectivity index (χ1n) is 8.98. The van der Waals surface area contributed by atoms with E-state index in [2.05, 4.69) is 10.2 Å². The third-order valence-corrected chi connectivity index (χ3v) is 5.77. The number of carbonyl (C=O) groups excluding carboxylic acids is 2. The second-order valence-electron chi connectivity index (χ2n) is 6.27. The van der Waals surface area contributed by atoms with Gasteiger partial charge in [-0.05, 0) is 31.5 Å². The third-order valence-electron chi connectivity index (χ3n) is 4.43. The topological polar surface area (TPSA) is 80.6 Å². The van der Waals surface area contributed by atoms with Crippen LogP contribution in [0, 0.1) is 6.92 Å². The number of carbonyl (C=O) groups is 2. The van der Waals surface area contributed by atoms with Crippen LogP contribution in [-0.2, 0) is 9.53 Å². The summed E-state index contributed by atoms with van der Waals surface area (Å²) in [4.78, 5) is 27.7. The quantitative estimate of drug-likeness (QED) is 0.688. The molecular formula is C18H22ClN5O3S. The highest BCUT2D eigenvalue weighted by Crippen LogP contribution is 2.24. The molecule has 2 amide bonds. The molecule has 2 heterocycles. The van der Waals surface area contributed by atoms with Crippen molar-refractivity contribution in [3.63, 3.8) is 0 Å². The van der Waals surface area contributed by atoms with E-state index < -0.39 is 0 Å². The summed E-state index contributed by atoms with van der Waals surface area (Å²) in [5.41, 5.74) is 1.84. The van der Waals surface area contributed by atoms with Crippen molar-refractivity contribution in [1.29, 1.82) is 0 Å². The van der Waals surface area contributed by atoms with Crippen molar-refractivity contribution in [3.8, 4) is 5.69 Å². The number of amides is 2. The van der Waals surface area contributed by atoms with Crippen LogP contribution in [0.15, 0.2) is 29.7 Å². The molecule has 1 aromatic heterocycles. The Hall–Kier alpha value is -2.26. The Morgan fingerprint density at radius 2 is 1.93 bits per heavy atom. The molecule has 1 fully saturated rings. The molecule has 0 aliphatic carbocycles. The van der Waals surface area contributed by atoms with Gasteiger partial charge < -0.3 is 14.5 Å². The molecule has 3 rings (SSSR count). The SMILES string of the molecule is CCOC(=O)N1CCN(C(=O)CSc2nncn2-c2ccc(C)c(Cl)c2)CC1. The van der Waals surface area contributed by atoms with Gasteiger partial charge in [-0.3, -0.25) is 9.36 Å². The summed E-state index contributed by atoms with van der Waals surface area (Å²) >= 11 is 7.53. The Kier molecular flexibility index (Phi) is 6.79. The highest BCUT2D eigenvalue weighted by atomic mass is 35.5. The summed E-state index contributed by atoms with van der Waals surface area (Å²) in [6, 6.07) is 5.71. The number of hydrogen-bond donors (Lipinski definition) is 0. The lowest BCUT2D eigenvalue weighted by Crippen LogP contribution is -2.51. The fourth-order valence-corrected chi connectivity index (χ4v) is 3.81. The maximum atomic E-state index is 12.5. The van der Waals surface area contributed by atoms with E-state index in [-0.39, 0.29) is 17.8 Å². The van der Waals surface area contributed by atoms with Crippen LogP contribution < -0.4 is 0 Å². The van der Waals surface area contributed by atoms with Crippen LogP contribution in [0.25, 0.3) is 5.69 Å². The highest BCUT2D eigenvalue weighted by molar-refractivity contribution is 7.99. The zero-order chi connectivity index (χ0) is 20.1. The van der Waals surface area contributed by atoms with E-state index in [4.69, 9.17) is 16.3 Å². The van der Waals surface area contributed by atoms with E-state index in [0.29, 0.717) is 43.0 Å². The first kappa shape index (κ1) is 20.5. The number of rotatable bonds is 5. The van der Waals surface area contributed by atoms with E-state index in [1.54, 1.807) is 23.1 Å². The minimum absolute atomic E-state index is 0.00463. The summed E-state index contributed by atoms with van der Waals surface area (Å²) < 4.78 is 6.80. The lowest BCUT2D eigenvalue weighted by molar-refractivity contribution is -0.129. The maximum absolute atomic E-state index is 12.5. The second-order valence-corrected chi connectivity index (χ2v) is 7.62. The average Bonchev–Trinajstić information content (AvgIpc) is 3.17. The van der Waals surface area contributed by atoms with Gasteiger partial charge in [0.25, 0.3) is 0 Å². The van der Waals surface area contributed by atoms with Gasteiger partial charge >= 0.3 is 6.09 Å². The molecule has 0 atom stereocenters. The van der Waals surface area contributed by atoms with Crippen LogP contribution in [0.5, 0.6) is 0 Å². The van der Waals surface area contributed by atoms with Crippen molar-refractivity contribution < 1.29 is 14.3 Å². The van der Waals surface area contributed by atoms with Crippen molar-refractivity contribution in [3.05, 3.63) is 35.1 Å². The fourth-order valence-electron chi connectivity index (χ4n) is 2.80. The van der Waals surface area contributed by atoms with Crippen LogP contribution >= 0.6 is 23.4 Å². The number of nitrogens with zero attached hydrogens (tertiary/aromatic N) is 5. The lowest BCUT2D eigenvalue weighted by atomic mass is 10.2. The summed E-state index contributed by atoms with van der Waals surface area (Å²) in [6.07, 6.45) is 1.28. The summed E-state index contributed by atoms with van der Waals surface area (Å²) in [5.74, 6) is 0.252. The first-order valence-corrected chi connectivity index (χ1v) is 10.3. The zero-order valence-corrected chi connectivity index (χ0v) is 17.4. The Morgan fingerprint density at radius 3 is 2.61 bits per heavy atom. The Balaban J connectivity index is 1.55. The van der Waals surface area contributed by atoms with Crippen molar-refractivity contribution >= 4 is 35.4 Å². The normalized spacial score (nSPS) is 14.2. The highest BCUT2D eigenvalue weighted by Gasteiger charge is 2.25. The molecule has 10 heteroatoms. The Morgan fingerprint density at radius 1 is 1.21 bits per heavy atom. The third kappa shape index (κ3) is 4.77. The van der Waals surface area contributed by atoms with Crippen molar-refractivity contribution in [2.75, 3.05) is 38.5 Å². The van der Waals surface area contributed by atoms with Gasteiger partial charge in [0.1, 0.15) is 6.33 Å². The molecule has 1 saturated heterocycles. The minimum Gasteiger partial charge on any atom is -0.450 e. The van der Waals surface area contributed by atoms with Crippen LogP contribution in [0.1, 0.15) is 12.5 Å². The number of aromatic nitrogens is 3. The number of halogens is 1. The molecule has 28 heavy (non-hydrogen) atoms. The zero-order valence-electron chi connectivity index (χ0n) is 15.8. The molecule has 8 nitrogen and oxygen atoms in total. The monoisotopic (exact) mass is 423 g/mol. The molecular weight excluding hydrogens is 402 g/mol. The molecule has 150 valence electrons. The fraction of sp³-hybridized carbons (Fsp3) is 0.444. The number of aryl methyl sites for hydroxylation is 1. The van der Waals surface area contributed by atoms with Gasteiger partial charge in [-0.2, -0.15) is 0 Å². The predicted molar refractivity (Wildman–Crippen MR) is 107 cm³/mol. The second kappa shape index (κ2) is 9.29. The van der Waals surface area contributed by atoms with Gasteiger partial charge in [0.05, 0.1) is 18.0 Å². The average molecular weight is 424 g/mol. The summed E-state index contributed by atoms with van der Waals surface area (Å²) in [7, 11) is 0. The first-order chi connectivity index (χ1) is 13.5. The van der Waals surface area contributed by atoms with E-state index in [0.717, 1.165) is 11.3 Å². The molecule has 0 saturated carbocycles. The van der Waals surface area contributed by atoms with Crippen LogP contribution in [-0.4, -0.2) is 75.1 Å². The van der Waals surface area contributed by atoms with Gasteiger partial charge in [0.2, 0.25) is 5.91 Å². The summed E-state index contributed by atoms with van der Waals surface area (Å²) in [6.45, 7) is 6.02. The maximum Gasteiger partial charge on any atom is 0.409 e. The smallest absolute Gasteiger partial charge is 0.409 e. The Bertz CT molecular complexity index is 851. The molecule has 2 aromatic rings. The molecule has 1 aliphatic heterocycles. The van der Waals surface area contributed by atoms with Crippen LogP contribution in [0.2, 0.25) is 5.02 Å². The van der Waals surface area contributed by atoms with Gasteiger partial charge in [-0.1, -0.05) is 29.4 Å². The number of hydrogen-bond acceptors (Lipinski definition) is 6. The number of thioether (sulfide) groups is 1. The van der Waals surface area contributed by atoms with E-state index in [1.165, 1.54) is 11.8 Å².